The van der Waals surface area contributed by atoms with Crippen LogP contribution in [0.3, 0.4) is 0 Å². The van der Waals surface area contributed by atoms with Crippen LogP contribution in [0.1, 0.15) is 157 Å². The fraction of sp³-hybridized carbons (Fsp3) is 0.643. The van der Waals surface area contributed by atoms with Gasteiger partial charge in [-0.1, -0.05) is 133 Å². The minimum Gasteiger partial charge on any atom is -0.466 e. The van der Waals surface area contributed by atoms with E-state index in [2.05, 4.69) is 29.3 Å². The van der Waals surface area contributed by atoms with Gasteiger partial charge in [0.2, 0.25) is 5.91 Å². The molecule has 2 aromatic rings. The number of ether oxygens (including phenoxy) is 1. The van der Waals surface area contributed by atoms with E-state index in [1.165, 1.54) is 82.4 Å². The zero-order chi connectivity index (χ0) is 37.4. The molecule has 52 heavy (non-hydrogen) atoms. The highest BCUT2D eigenvalue weighted by Crippen LogP contribution is 2.40. The topological polar surface area (TPSA) is 145 Å². The van der Waals surface area contributed by atoms with E-state index in [9.17, 15) is 20.1 Å². The average Bonchev–Trinajstić information content (AvgIpc) is 3.16. The van der Waals surface area contributed by atoms with Crippen molar-refractivity contribution in [2.75, 3.05) is 31.1 Å². The Morgan fingerprint density at radius 3 is 2.00 bits per heavy atom. The number of benzene rings is 1. The maximum absolute atomic E-state index is 12.5. The molecule has 1 amide bonds. The second kappa shape index (κ2) is 25.4. The molecule has 0 bridgehead atoms. The monoisotopic (exact) mass is 730 g/mol. The Bertz CT molecular complexity index is 1430. The first-order chi connectivity index (χ1) is 25.4. The highest BCUT2D eigenvalue weighted by atomic mass is 32.2. The minimum atomic E-state index is -0.696. The van der Waals surface area contributed by atoms with Gasteiger partial charge in [-0.05, 0) is 56.2 Å². The van der Waals surface area contributed by atoms with Crippen LogP contribution >= 0.6 is 11.8 Å². The first kappa shape index (κ1) is 42.8. The van der Waals surface area contributed by atoms with E-state index in [-0.39, 0.29) is 5.97 Å². The van der Waals surface area contributed by atoms with Crippen LogP contribution in [-0.2, 0) is 20.7 Å². The molecule has 2 heterocycles. The molecule has 0 aliphatic carbocycles. The summed E-state index contributed by atoms with van der Waals surface area (Å²) in [7, 11) is 0. The summed E-state index contributed by atoms with van der Waals surface area (Å²) in [6.45, 7) is 7.18. The molecule has 1 aliphatic rings. The highest BCUT2D eigenvalue weighted by Gasteiger charge is 2.29. The van der Waals surface area contributed by atoms with Crippen molar-refractivity contribution in [3.63, 3.8) is 0 Å². The quantitative estimate of drug-likeness (QED) is 0.0550. The van der Waals surface area contributed by atoms with Crippen LogP contribution in [0.25, 0.3) is 0 Å². The molecule has 1 aliphatic heterocycles. The van der Waals surface area contributed by atoms with Gasteiger partial charge in [-0.3, -0.25) is 9.59 Å². The van der Waals surface area contributed by atoms with Crippen LogP contribution in [0.5, 0.6) is 0 Å². The van der Waals surface area contributed by atoms with E-state index in [0.717, 1.165) is 63.7 Å². The third kappa shape index (κ3) is 14.8. The molecule has 3 N–H and O–H groups in total. The smallest absolute Gasteiger partial charge is 0.305 e. The number of carbonyl (C=O) groups excluding carboxylic acids is 2. The molecule has 1 fully saturated rings. The van der Waals surface area contributed by atoms with Gasteiger partial charge in [-0.25, -0.2) is 4.98 Å². The normalized spacial score (nSPS) is 13.7. The minimum absolute atomic E-state index is 0.0320. The number of hydrogen-bond acceptors (Lipinski definition) is 9. The molecular formula is C42H62N6O3S. The van der Waals surface area contributed by atoms with E-state index in [0.29, 0.717) is 53.0 Å². The summed E-state index contributed by atoms with van der Waals surface area (Å²) in [5, 5.41) is 23.8. The molecule has 1 unspecified atom stereocenters. The summed E-state index contributed by atoms with van der Waals surface area (Å²) in [6, 6.07) is 14.3. The molecule has 0 saturated carbocycles. The van der Waals surface area contributed by atoms with Gasteiger partial charge in [0.1, 0.15) is 28.2 Å². The summed E-state index contributed by atoms with van der Waals surface area (Å²) in [5.74, 6) is 0.0712. The standard InChI is InChI=1S/C42H62N6O3S/c1-3-5-30-51-38(49)24-20-15-13-11-9-7-6-8-10-12-14-16-21-27-46-34-25-28-48(29-26-34)41-36(31-43)35(4-2)37(32-44)42(47-41)52-39(40(45)50)33-22-18-17-19-23-33/h17-19,22-23,34,39,46H,3-16,20-21,24-30H2,1-2H3,(H2,45,50). The highest BCUT2D eigenvalue weighted by molar-refractivity contribution is 8.00. The van der Waals surface area contributed by atoms with E-state index in [4.69, 9.17) is 15.5 Å². The predicted molar refractivity (Wildman–Crippen MR) is 211 cm³/mol. The average molecular weight is 731 g/mol. The molecule has 1 aromatic heterocycles. The summed E-state index contributed by atoms with van der Waals surface area (Å²) in [4.78, 5) is 31.2. The number of pyridine rings is 1. The molecule has 0 radical (unpaired) electrons. The van der Waals surface area contributed by atoms with Crippen molar-refractivity contribution < 1.29 is 14.3 Å². The van der Waals surface area contributed by atoms with Gasteiger partial charge in [0.25, 0.3) is 0 Å². The van der Waals surface area contributed by atoms with Gasteiger partial charge in [-0.2, -0.15) is 10.5 Å². The lowest BCUT2D eigenvalue weighted by molar-refractivity contribution is -0.143. The Morgan fingerprint density at radius 1 is 0.885 bits per heavy atom. The second-order valence-corrected chi connectivity index (χ2v) is 15.1. The number of primary amides is 1. The lowest BCUT2D eigenvalue weighted by Crippen LogP contribution is -2.43. The number of aromatic nitrogens is 1. The molecule has 284 valence electrons. The third-order valence-corrected chi connectivity index (χ3v) is 11.2. The maximum atomic E-state index is 12.5. The number of nitrogens with zero attached hydrogens (tertiary/aromatic N) is 4. The number of nitriles is 2. The number of piperidine rings is 1. The van der Waals surface area contributed by atoms with Crippen molar-refractivity contribution in [2.24, 2.45) is 5.73 Å². The van der Waals surface area contributed by atoms with E-state index in [1.54, 1.807) is 0 Å². The van der Waals surface area contributed by atoms with E-state index >= 15 is 0 Å². The summed E-state index contributed by atoms with van der Waals surface area (Å²) < 4.78 is 5.21. The van der Waals surface area contributed by atoms with Gasteiger partial charge in [0.15, 0.2) is 0 Å². The number of unbranched alkanes of at least 4 members (excludes halogenated alkanes) is 13. The number of nitrogens with two attached hydrogens (primary N) is 1. The number of esters is 1. The number of thioether (sulfide) groups is 1. The second-order valence-electron chi connectivity index (χ2n) is 14.0. The molecule has 1 aromatic carbocycles. The fourth-order valence-electron chi connectivity index (χ4n) is 6.87. The van der Waals surface area contributed by atoms with Crippen molar-refractivity contribution in [1.29, 1.82) is 10.5 Å². The van der Waals surface area contributed by atoms with Gasteiger partial charge < -0.3 is 20.7 Å². The molecule has 1 atom stereocenters. The molecular weight excluding hydrogens is 669 g/mol. The van der Waals surface area contributed by atoms with Crippen LogP contribution in [-0.4, -0.2) is 49.1 Å². The predicted octanol–water partition coefficient (Wildman–Crippen LogP) is 9.07. The number of amides is 1. The zero-order valence-corrected chi connectivity index (χ0v) is 32.6. The van der Waals surface area contributed by atoms with Crippen molar-refractivity contribution in [2.45, 2.75) is 152 Å². The summed E-state index contributed by atoms with van der Waals surface area (Å²) in [6.07, 6.45) is 21.3. The molecule has 1 saturated heterocycles. The Labute approximate surface area is 317 Å². The number of carbonyl (C=O) groups is 2. The maximum Gasteiger partial charge on any atom is 0.305 e. The molecule has 9 nitrogen and oxygen atoms in total. The van der Waals surface area contributed by atoms with Crippen molar-refractivity contribution in [3.8, 4) is 12.1 Å². The van der Waals surface area contributed by atoms with Gasteiger partial charge in [0, 0.05) is 25.6 Å². The van der Waals surface area contributed by atoms with E-state index < -0.39 is 11.2 Å². The SMILES string of the molecule is CCCCOC(=O)CCCCCCCCCCCCCCCNC1CCN(c2nc(SC(C(N)=O)c3ccccc3)c(C#N)c(CC)c2C#N)CC1. The summed E-state index contributed by atoms with van der Waals surface area (Å²) in [5.41, 5.74) is 8.05. The molecule has 10 heteroatoms. The molecule has 0 spiro atoms. The third-order valence-electron chi connectivity index (χ3n) is 9.96. The van der Waals surface area contributed by atoms with Crippen LogP contribution in [0.2, 0.25) is 0 Å². The first-order valence-electron chi connectivity index (χ1n) is 19.9. The zero-order valence-electron chi connectivity index (χ0n) is 31.8. The number of nitrogens with one attached hydrogen (secondary N) is 1. The molecule has 3 rings (SSSR count). The van der Waals surface area contributed by atoms with Crippen LogP contribution < -0.4 is 16.0 Å². The Morgan fingerprint density at radius 2 is 1.46 bits per heavy atom. The number of rotatable bonds is 26. The van der Waals surface area contributed by atoms with Crippen molar-refractivity contribution in [1.82, 2.24) is 10.3 Å². The van der Waals surface area contributed by atoms with Crippen LogP contribution in [0.15, 0.2) is 35.4 Å². The van der Waals surface area contributed by atoms with E-state index in [1.807, 2.05) is 37.3 Å². The lowest BCUT2D eigenvalue weighted by Gasteiger charge is -2.34. The number of hydrogen-bond donors (Lipinski definition) is 2. The number of anilines is 1. The summed E-state index contributed by atoms with van der Waals surface area (Å²) >= 11 is 1.19. The Hall–Kier alpha value is -3.60. The Kier molecular flexibility index (Phi) is 20.9. The first-order valence-corrected chi connectivity index (χ1v) is 20.8. The fourth-order valence-corrected chi connectivity index (χ4v) is 7.93. The van der Waals surface area contributed by atoms with Crippen molar-refractivity contribution in [3.05, 3.63) is 52.6 Å². The van der Waals surface area contributed by atoms with Crippen molar-refractivity contribution >= 4 is 29.5 Å². The lowest BCUT2D eigenvalue weighted by atomic mass is 9.99. The van der Waals surface area contributed by atoms with Crippen LogP contribution in [0.4, 0.5) is 5.82 Å². The largest absolute Gasteiger partial charge is 0.466 e. The van der Waals surface area contributed by atoms with Crippen LogP contribution in [0, 0.1) is 22.7 Å². The van der Waals surface area contributed by atoms with Gasteiger partial charge >= 0.3 is 5.97 Å². The Balaban J connectivity index is 1.31. The van der Waals surface area contributed by atoms with Gasteiger partial charge in [0.05, 0.1) is 17.7 Å². The van der Waals surface area contributed by atoms with Gasteiger partial charge in [-0.15, -0.1) is 0 Å².